The molecular formula is C15H27N3O. The summed E-state index contributed by atoms with van der Waals surface area (Å²) in [6.07, 6.45) is 5.89. The summed E-state index contributed by atoms with van der Waals surface area (Å²) >= 11 is 0. The molecule has 4 nitrogen and oxygen atoms in total. The van der Waals surface area contributed by atoms with E-state index in [1.54, 1.807) is 0 Å². The van der Waals surface area contributed by atoms with Crippen molar-refractivity contribution >= 4 is 5.91 Å². The molecule has 0 aromatic carbocycles. The highest BCUT2D eigenvalue weighted by Gasteiger charge is 2.47. The number of likely N-dealkylation sites (tertiary alicyclic amines) is 1. The molecule has 0 atom stereocenters. The third kappa shape index (κ3) is 2.65. The molecule has 1 amide bonds. The smallest absolute Gasteiger partial charge is 0.222 e. The van der Waals surface area contributed by atoms with Crippen molar-refractivity contribution in [3.05, 3.63) is 0 Å². The Kier molecular flexibility index (Phi) is 3.81. The van der Waals surface area contributed by atoms with Crippen LogP contribution in [0, 0.1) is 5.41 Å². The van der Waals surface area contributed by atoms with Crippen LogP contribution in [0.3, 0.4) is 0 Å². The number of nitrogens with zero attached hydrogens (tertiary/aromatic N) is 2. The summed E-state index contributed by atoms with van der Waals surface area (Å²) in [7, 11) is 0. The monoisotopic (exact) mass is 265 g/mol. The summed E-state index contributed by atoms with van der Waals surface area (Å²) in [6, 6.07) is 0.829. The van der Waals surface area contributed by atoms with Crippen LogP contribution in [0.2, 0.25) is 0 Å². The zero-order chi connectivity index (χ0) is 13.3. The first-order valence-electron chi connectivity index (χ1n) is 7.95. The Morgan fingerprint density at radius 3 is 2.37 bits per heavy atom. The summed E-state index contributed by atoms with van der Waals surface area (Å²) in [4.78, 5) is 16.5. The van der Waals surface area contributed by atoms with Crippen LogP contribution in [0.5, 0.6) is 0 Å². The number of piperazine rings is 1. The minimum atomic E-state index is 0.341. The van der Waals surface area contributed by atoms with E-state index in [4.69, 9.17) is 0 Å². The van der Waals surface area contributed by atoms with Crippen LogP contribution in [0.1, 0.15) is 39.0 Å². The SMILES string of the molecule is CCC(=O)N1CCC2(CC1)CC(N1CCNCC1)C2. The summed E-state index contributed by atoms with van der Waals surface area (Å²) < 4.78 is 0. The van der Waals surface area contributed by atoms with Gasteiger partial charge in [0.2, 0.25) is 5.91 Å². The van der Waals surface area contributed by atoms with Crippen molar-refractivity contribution in [2.45, 2.75) is 45.1 Å². The average molecular weight is 265 g/mol. The van der Waals surface area contributed by atoms with Gasteiger partial charge >= 0.3 is 0 Å². The van der Waals surface area contributed by atoms with E-state index in [1.165, 1.54) is 38.8 Å². The molecule has 3 rings (SSSR count). The van der Waals surface area contributed by atoms with Crippen molar-refractivity contribution in [1.29, 1.82) is 0 Å². The van der Waals surface area contributed by atoms with Gasteiger partial charge in [-0.2, -0.15) is 0 Å². The Bertz CT molecular complexity index is 322. The number of carbonyl (C=O) groups is 1. The Labute approximate surface area is 116 Å². The molecule has 2 aliphatic heterocycles. The molecule has 3 aliphatic rings. The van der Waals surface area contributed by atoms with Crippen molar-refractivity contribution in [2.24, 2.45) is 5.41 Å². The highest BCUT2D eigenvalue weighted by Crippen LogP contribution is 2.50. The minimum Gasteiger partial charge on any atom is -0.343 e. The summed E-state index contributed by atoms with van der Waals surface area (Å²) in [5, 5.41) is 3.43. The van der Waals surface area contributed by atoms with Crippen LogP contribution >= 0.6 is 0 Å². The number of hydrogen-bond acceptors (Lipinski definition) is 3. The predicted octanol–water partition coefficient (Wildman–Crippen LogP) is 1.07. The molecule has 1 saturated carbocycles. The number of carbonyl (C=O) groups excluding carboxylic acids is 1. The lowest BCUT2D eigenvalue weighted by Crippen LogP contribution is -2.58. The molecule has 108 valence electrons. The quantitative estimate of drug-likeness (QED) is 0.811. The second-order valence-corrected chi connectivity index (χ2v) is 6.58. The van der Waals surface area contributed by atoms with Crippen LogP contribution in [0.15, 0.2) is 0 Å². The fraction of sp³-hybridized carbons (Fsp3) is 0.933. The van der Waals surface area contributed by atoms with Gasteiger partial charge in [-0.15, -0.1) is 0 Å². The molecule has 0 radical (unpaired) electrons. The molecule has 2 saturated heterocycles. The first kappa shape index (κ1) is 13.4. The average Bonchev–Trinajstić information content (AvgIpc) is 2.45. The van der Waals surface area contributed by atoms with Gasteiger partial charge in [0.15, 0.2) is 0 Å². The lowest BCUT2D eigenvalue weighted by Gasteiger charge is -2.56. The molecule has 4 heteroatoms. The van der Waals surface area contributed by atoms with Crippen molar-refractivity contribution in [3.8, 4) is 0 Å². The number of amides is 1. The first-order chi connectivity index (χ1) is 9.22. The van der Waals surface area contributed by atoms with E-state index in [2.05, 4.69) is 15.1 Å². The van der Waals surface area contributed by atoms with E-state index in [0.717, 1.165) is 32.2 Å². The van der Waals surface area contributed by atoms with Crippen LogP contribution in [-0.4, -0.2) is 61.0 Å². The standard InChI is InChI=1S/C15H27N3O/c1-2-14(19)18-7-3-15(4-8-18)11-13(12-15)17-9-5-16-6-10-17/h13,16H,2-12H2,1H3. The topological polar surface area (TPSA) is 35.6 Å². The Hall–Kier alpha value is -0.610. The van der Waals surface area contributed by atoms with E-state index in [1.807, 2.05) is 6.92 Å². The highest BCUT2D eigenvalue weighted by atomic mass is 16.2. The van der Waals surface area contributed by atoms with Crippen molar-refractivity contribution < 1.29 is 4.79 Å². The lowest BCUT2D eigenvalue weighted by molar-refractivity contribution is -0.135. The van der Waals surface area contributed by atoms with Crippen molar-refractivity contribution in [1.82, 2.24) is 15.1 Å². The molecule has 0 aromatic heterocycles. The van der Waals surface area contributed by atoms with Gasteiger partial charge < -0.3 is 10.2 Å². The number of rotatable bonds is 2. The maximum absolute atomic E-state index is 11.7. The molecule has 0 unspecified atom stereocenters. The largest absolute Gasteiger partial charge is 0.343 e. The highest BCUT2D eigenvalue weighted by molar-refractivity contribution is 5.75. The molecule has 0 aromatic rings. The first-order valence-corrected chi connectivity index (χ1v) is 7.95. The Morgan fingerprint density at radius 1 is 1.16 bits per heavy atom. The second kappa shape index (κ2) is 5.41. The van der Waals surface area contributed by atoms with E-state index >= 15 is 0 Å². The van der Waals surface area contributed by atoms with Crippen LogP contribution in [0.25, 0.3) is 0 Å². The molecule has 3 fully saturated rings. The summed E-state index contributed by atoms with van der Waals surface area (Å²) in [5.74, 6) is 0.341. The molecule has 2 heterocycles. The van der Waals surface area contributed by atoms with Gasteiger partial charge in [-0.1, -0.05) is 6.92 Å². The molecule has 1 N–H and O–H groups in total. The number of piperidine rings is 1. The fourth-order valence-electron chi connectivity index (χ4n) is 4.11. The van der Waals surface area contributed by atoms with Crippen molar-refractivity contribution in [3.63, 3.8) is 0 Å². The third-order valence-corrected chi connectivity index (χ3v) is 5.48. The van der Waals surface area contributed by atoms with E-state index in [-0.39, 0.29) is 0 Å². The third-order valence-electron chi connectivity index (χ3n) is 5.48. The van der Waals surface area contributed by atoms with Crippen LogP contribution in [-0.2, 0) is 4.79 Å². The zero-order valence-electron chi connectivity index (χ0n) is 12.2. The molecule has 0 bridgehead atoms. The zero-order valence-corrected chi connectivity index (χ0v) is 12.2. The van der Waals surface area contributed by atoms with Gasteiger partial charge in [0.05, 0.1) is 0 Å². The molecular weight excluding hydrogens is 238 g/mol. The van der Waals surface area contributed by atoms with Gasteiger partial charge in [-0.25, -0.2) is 0 Å². The normalized spacial score (nSPS) is 28.4. The van der Waals surface area contributed by atoms with Gasteiger partial charge in [-0.3, -0.25) is 9.69 Å². The Balaban J connectivity index is 1.46. The van der Waals surface area contributed by atoms with E-state index < -0.39 is 0 Å². The Morgan fingerprint density at radius 2 is 1.79 bits per heavy atom. The number of hydrogen-bond donors (Lipinski definition) is 1. The molecule has 19 heavy (non-hydrogen) atoms. The minimum absolute atomic E-state index is 0.341. The van der Waals surface area contributed by atoms with Gasteiger partial charge in [-0.05, 0) is 31.1 Å². The summed E-state index contributed by atoms with van der Waals surface area (Å²) in [5.41, 5.74) is 0.583. The van der Waals surface area contributed by atoms with Crippen molar-refractivity contribution in [2.75, 3.05) is 39.3 Å². The summed E-state index contributed by atoms with van der Waals surface area (Å²) in [6.45, 7) is 8.73. The predicted molar refractivity (Wildman–Crippen MR) is 76.0 cm³/mol. The van der Waals surface area contributed by atoms with E-state index in [0.29, 0.717) is 17.7 Å². The van der Waals surface area contributed by atoms with E-state index in [9.17, 15) is 4.79 Å². The molecule has 1 spiro atoms. The van der Waals surface area contributed by atoms with Gasteiger partial charge in [0, 0.05) is 51.7 Å². The maximum Gasteiger partial charge on any atom is 0.222 e. The lowest BCUT2D eigenvalue weighted by atomic mass is 9.60. The maximum atomic E-state index is 11.7. The second-order valence-electron chi connectivity index (χ2n) is 6.58. The molecule has 1 aliphatic carbocycles. The fourth-order valence-corrected chi connectivity index (χ4v) is 4.11. The van der Waals surface area contributed by atoms with Gasteiger partial charge in [0.1, 0.15) is 0 Å². The van der Waals surface area contributed by atoms with Crippen LogP contribution < -0.4 is 5.32 Å². The number of nitrogens with one attached hydrogen (secondary N) is 1. The van der Waals surface area contributed by atoms with Crippen LogP contribution in [0.4, 0.5) is 0 Å². The van der Waals surface area contributed by atoms with Gasteiger partial charge in [0.25, 0.3) is 0 Å².